The summed E-state index contributed by atoms with van der Waals surface area (Å²) >= 11 is 0. The highest BCUT2D eigenvalue weighted by Crippen LogP contribution is 2.20. The van der Waals surface area contributed by atoms with Crippen molar-refractivity contribution in [3.63, 3.8) is 0 Å². The summed E-state index contributed by atoms with van der Waals surface area (Å²) in [5, 5.41) is 10.8. The van der Waals surface area contributed by atoms with Gasteiger partial charge < -0.3 is 9.52 Å². The molecule has 2 aromatic heterocycles. The van der Waals surface area contributed by atoms with Gasteiger partial charge in [-0.1, -0.05) is 13.8 Å². The Labute approximate surface area is 101 Å². The highest BCUT2D eigenvalue weighted by Gasteiger charge is 2.09. The second-order valence-corrected chi connectivity index (χ2v) is 4.95. The molecule has 1 N–H and O–H groups in total. The van der Waals surface area contributed by atoms with Crippen molar-refractivity contribution in [2.75, 3.05) is 0 Å². The monoisotopic (exact) mass is 233 g/mol. The molecule has 3 heteroatoms. The van der Waals surface area contributed by atoms with Crippen LogP contribution in [-0.2, 0) is 6.42 Å². The molecule has 0 spiro atoms. The van der Waals surface area contributed by atoms with Gasteiger partial charge in [-0.3, -0.25) is 4.98 Å². The molecule has 1 unspecified atom stereocenters. The Morgan fingerprint density at radius 2 is 2.24 bits per heavy atom. The summed E-state index contributed by atoms with van der Waals surface area (Å²) in [6, 6.07) is 3.87. The highest BCUT2D eigenvalue weighted by molar-refractivity contribution is 5.76. The number of fused-ring (bicyclic) bond motifs is 1. The maximum absolute atomic E-state index is 9.80. The maximum atomic E-state index is 9.80. The predicted octanol–water partition coefficient (Wildman–Crippen LogP) is 3.17. The van der Waals surface area contributed by atoms with Gasteiger partial charge in [-0.15, -0.1) is 0 Å². The molecule has 0 amide bonds. The van der Waals surface area contributed by atoms with E-state index in [1.807, 2.05) is 12.1 Å². The van der Waals surface area contributed by atoms with E-state index in [4.69, 9.17) is 4.42 Å². The SMILES string of the molecule is CC(C)CC(O)CCc1cc2cnccc2o1. The molecule has 0 radical (unpaired) electrons. The first kappa shape index (κ1) is 12.1. The number of aryl methyl sites for hydroxylation is 1. The largest absolute Gasteiger partial charge is 0.461 e. The van der Waals surface area contributed by atoms with Gasteiger partial charge in [-0.05, 0) is 30.9 Å². The van der Waals surface area contributed by atoms with Gasteiger partial charge in [0.15, 0.2) is 0 Å². The zero-order valence-corrected chi connectivity index (χ0v) is 10.4. The lowest BCUT2D eigenvalue weighted by Crippen LogP contribution is -2.10. The molecule has 0 aliphatic carbocycles. The molecular weight excluding hydrogens is 214 g/mol. The Hall–Kier alpha value is -1.35. The average molecular weight is 233 g/mol. The van der Waals surface area contributed by atoms with E-state index >= 15 is 0 Å². The summed E-state index contributed by atoms with van der Waals surface area (Å²) in [4.78, 5) is 4.05. The van der Waals surface area contributed by atoms with Crippen LogP contribution < -0.4 is 0 Å². The third-order valence-corrected chi connectivity index (χ3v) is 2.84. The fourth-order valence-corrected chi connectivity index (χ4v) is 2.03. The van der Waals surface area contributed by atoms with Gasteiger partial charge in [0, 0.05) is 24.2 Å². The van der Waals surface area contributed by atoms with E-state index in [0.717, 1.165) is 36.0 Å². The molecule has 17 heavy (non-hydrogen) atoms. The van der Waals surface area contributed by atoms with Crippen molar-refractivity contribution >= 4 is 11.0 Å². The van der Waals surface area contributed by atoms with E-state index in [-0.39, 0.29) is 6.10 Å². The molecule has 0 aromatic carbocycles. The Morgan fingerprint density at radius 1 is 1.41 bits per heavy atom. The van der Waals surface area contributed by atoms with Crippen LogP contribution in [0.5, 0.6) is 0 Å². The molecule has 1 atom stereocenters. The van der Waals surface area contributed by atoms with E-state index in [2.05, 4.69) is 18.8 Å². The van der Waals surface area contributed by atoms with E-state index in [1.54, 1.807) is 12.4 Å². The lowest BCUT2D eigenvalue weighted by molar-refractivity contribution is 0.138. The van der Waals surface area contributed by atoms with Crippen LogP contribution in [0, 0.1) is 5.92 Å². The second-order valence-electron chi connectivity index (χ2n) is 4.95. The van der Waals surface area contributed by atoms with Gasteiger partial charge in [-0.25, -0.2) is 0 Å². The fraction of sp³-hybridized carbons (Fsp3) is 0.500. The topological polar surface area (TPSA) is 46.3 Å². The number of furan rings is 1. The van der Waals surface area contributed by atoms with Crippen molar-refractivity contribution in [2.45, 2.75) is 39.2 Å². The molecule has 2 rings (SSSR count). The Balaban J connectivity index is 1.95. The minimum absolute atomic E-state index is 0.235. The van der Waals surface area contributed by atoms with E-state index in [0.29, 0.717) is 5.92 Å². The summed E-state index contributed by atoms with van der Waals surface area (Å²) in [7, 11) is 0. The Kier molecular flexibility index (Phi) is 3.79. The molecule has 2 heterocycles. The van der Waals surface area contributed by atoms with Crippen LogP contribution in [0.1, 0.15) is 32.4 Å². The average Bonchev–Trinajstić information content (AvgIpc) is 2.68. The highest BCUT2D eigenvalue weighted by atomic mass is 16.3. The molecule has 0 aliphatic heterocycles. The summed E-state index contributed by atoms with van der Waals surface area (Å²) in [5.74, 6) is 1.46. The van der Waals surface area contributed by atoms with Crippen LogP contribution in [0.15, 0.2) is 28.9 Å². The van der Waals surface area contributed by atoms with Crippen LogP contribution >= 0.6 is 0 Å². The number of aliphatic hydroxyl groups is 1. The van der Waals surface area contributed by atoms with Crippen molar-refractivity contribution in [2.24, 2.45) is 5.92 Å². The summed E-state index contributed by atoms with van der Waals surface area (Å²) in [6.07, 6.45) is 5.67. The number of pyridine rings is 1. The Morgan fingerprint density at radius 3 is 2.94 bits per heavy atom. The van der Waals surface area contributed by atoms with Gasteiger partial charge in [0.05, 0.1) is 6.10 Å². The smallest absolute Gasteiger partial charge is 0.137 e. The van der Waals surface area contributed by atoms with Crippen molar-refractivity contribution < 1.29 is 9.52 Å². The van der Waals surface area contributed by atoms with Crippen LogP contribution in [0.3, 0.4) is 0 Å². The number of rotatable bonds is 5. The number of hydrogen-bond acceptors (Lipinski definition) is 3. The third-order valence-electron chi connectivity index (χ3n) is 2.84. The van der Waals surface area contributed by atoms with Gasteiger partial charge in [0.25, 0.3) is 0 Å². The van der Waals surface area contributed by atoms with Gasteiger partial charge >= 0.3 is 0 Å². The number of aliphatic hydroxyl groups excluding tert-OH is 1. The first-order chi connectivity index (χ1) is 8.15. The number of hydrogen-bond donors (Lipinski definition) is 1. The fourth-order valence-electron chi connectivity index (χ4n) is 2.03. The van der Waals surface area contributed by atoms with E-state index in [1.165, 1.54) is 0 Å². The molecule has 3 nitrogen and oxygen atoms in total. The third kappa shape index (κ3) is 3.30. The normalized spacial score (nSPS) is 13.4. The summed E-state index contributed by atoms with van der Waals surface area (Å²) in [6.45, 7) is 4.24. The molecule has 0 saturated carbocycles. The standard InChI is InChI=1S/C14H19NO2/c1-10(2)7-12(16)3-4-13-8-11-9-15-6-5-14(11)17-13/h5-6,8-10,12,16H,3-4,7H2,1-2H3. The first-order valence-corrected chi connectivity index (χ1v) is 6.15. The van der Waals surface area contributed by atoms with Crippen molar-refractivity contribution in [3.8, 4) is 0 Å². The first-order valence-electron chi connectivity index (χ1n) is 6.15. The number of nitrogens with zero attached hydrogens (tertiary/aromatic N) is 1. The van der Waals surface area contributed by atoms with Gasteiger partial charge in [0.1, 0.15) is 11.3 Å². The lowest BCUT2D eigenvalue weighted by atomic mass is 10.0. The molecule has 92 valence electrons. The maximum Gasteiger partial charge on any atom is 0.137 e. The van der Waals surface area contributed by atoms with Gasteiger partial charge in [-0.2, -0.15) is 0 Å². The zero-order valence-electron chi connectivity index (χ0n) is 10.4. The van der Waals surface area contributed by atoms with Crippen molar-refractivity contribution in [1.82, 2.24) is 4.98 Å². The minimum Gasteiger partial charge on any atom is -0.461 e. The van der Waals surface area contributed by atoms with E-state index in [9.17, 15) is 5.11 Å². The molecule has 0 fully saturated rings. The van der Waals surface area contributed by atoms with Crippen molar-refractivity contribution in [3.05, 3.63) is 30.3 Å². The molecule has 0 saturated heterocycles. The lowest BCUT2D eigenvalue weighted by Gasteiger charge is -2.11. The molecule has 0 aliphatic rings. The summed E-state index contributed by atoms with van der Waals surface area (Å²) in [5.41, 5.74) is 0.869. The van der Waals surface area contributed by atoms with E-state index < -0.39 is 0 Å². The quantitative estimate of drug-likeness (QED) is 0.862. The minimum atomic E-state index is -0.235. The van der Waals surface area contributed by atoms with Gasteiger partial charge in [0.2, 0.25) is 0 Å². The van der Waals surface area contributed by atoms with Crippen molar-refractivity contribution in [1.29, 1.82) is 0 Å². The van der Waals surface area contributed by atoms with Crippen LogP contribution in [0.25, 0.3) is 11.0 Å². The predicted molar refractivity (Wildman–Crippen MR) is 67.8 cm³/mol. The number of aromatic nitrogens is 1. The van der Waals surface area contributed by atoms with Crippen LogP contribution in [0.4, 0.5) is 0 Å². The zero-order chi connectivity index (χ0) is 12.3. The molecular formula is C14H19NO2. The van der Waals surface area contributed by atoms with Crippen LogP contribution in [0.2, 0.25) is 0 Å². The molecule has 2 aromatic rings. The molecule has 0 bridgehead atoms. The second kappa shape index (κ2) is 5.32. The van der Waals surface area contributed by atoms with Crippen LogP contribution in [-0.4, -0.2) is 16.2 Å². The summed E-state index contributed by atoms with van der Waals surface area (Å²) < 4.78 is 5.67. The Bertz CT molecular complexity index is 443.